The minimum Gasteiger partial charge on any atom is -0.452 e. The highest BCUT2D eigenvalue weighted by Gasteiger charge is 2.10. The lowest BCUT2D eigenvalue weighted by molar-refractivity contribution is -0.124. The van der Waals surface area contributed by atoms with Gasteiger partial charge < -0.3 is 15.8 Å². The van der Waals surface area contributed by atoms with E-state index in [1.807, 2.05) is 30.3 Å². The van der Waals surface area contributed by atoms with E-state index in [4.69, 9.17) is 10.5 Å². The second kappa shape index (κ2) is 9.22. The van der Waals surface area contributed by atoms with Crippen LogP contribution in [0.2, 0.25) is 0 Å². The molecule has 0 aliphatic carbocycles. The van der Waals surface area contributed by atoms with Crippen LogP contribution in [0.15, 0.2) is 54.6 Å². The first-order valence-electron chi connectivity index (χ1n) is 7.94. The molecule has 0 heterocycles. The first-order valence-corrected chi connectivity index (χ1v) is 7.94. The van der Waals surface area contributed by atoms with E-state index in [1.54, 1.807) is 0 Å². The largest absolute Gasteiger partial charge is 0.452 e. The molecule has 2 rings (SSSR count). The van der Waals surface area contributed by atoms with Crippen LogP contribution in [0.1, 0.15) is 32.7 Å². The van der Waals surface area contributed by atoms with E-state index in [1.165, 1.54) is 29.8 Å². The molecule has 2 amide bonds. The molecule has 0 saturated carbocycles. The summed E-state index contributed by atoms with van der Waals surface area (Å²) in [5.74, 6) is -1.56. The third-order valence-corrected chi connectivity index (χ3v) is 3.55. The fourth-order valence-electron chi connectivity index (χ4n) is 2.20. The Kier molecular flexibility index (Phi) is 6.71. The molecule has 0 spiro atoms. The van der Waals surface area contributed by atoms with Crippen LogP contribution < -0.4 is 11.1 Å². The fourth-order valence-corrected chi connectivity index (χ4v) is 2.20. The minimum atomic E-state index is -0.629. The number of carbonyl (C=O) groups excluding carboxylic acids is 3. The van der Waals surface area contributed by atoms with Gasteiger partial charge in [-0.3, -0.25) is 9.59 Å². The van der Waals surface area contributed by atoms with E-state index >= 15 is 0 Å². The zero-order chi connectivity index (χ0) is 18.1. The van der Waals surface area contributed by atoms with Gasteiger partial charge in [0.15, 0.2) is 6.61 Å². The Morgan fingerprint density at radius 2 is 1.56 bits per heavy atom. The Balaban J connectivity index is 1.67. The van der Waals surface area contributed by atoms with Crippen molar-refractivity contribution in [2.75, 3.05) is 13.2 Å². The number of nitrogens with one attached hydrogen (secondary N) is 1. The topological polar surface area (TPSA) is 98.5 Å². The molecule has 0 aromatic heterocycles. The quantitative estimate of drug-likeness (QED) is 0.564. The maximum atomic E-state index is 11.8. The predicted molar refractivity (Wildman–Crippen MR) is 93.0 cm³/mol. The minimum absolute atomic E-state index is 0.252. The zero-order valence-corrected chi connectivity index (χ0v) is 13.7. The number of nitrogens with two attached hydrogens (primary N) is 1. The molecule has 6 heteroatoms. The lowest BCUT2D eigenvalue weighted by Gasteiger charge is -2.07. The van der Waals surface area contributed by atoms with E-state index in [9.17, 15) is 14.4 Å². The number of hydrogen-bond acceptors (Lipinski definition) is 4. The maximum absolute atomic E-state index is 11.8. The van der Waals surface area contributed by atoms with Crippen molar-refractivity contribution < 1.29 is 19.1 Å². The number of esters is 1. The summed E-state index contributed by atoms with van der Waals surface area (Å²) in [4.78, 5) is 34.5. The average molecular weight is 340 g/mol. The molecule has 0 unspecified atom stereocenters. The van der Waals surface area contributed by atoms with Crippen LogP contribution in [0, 0.1) is 0 Å². The van der Waals surface area contributed by atoms with Gasteiger partial charge in [0.2, 0.25) is 5.91 Å². The van der Waals surface area contributed by atoms with Gasteiger partial charge in [-0.1, -0.05) is 30.3 Å². The first-order chi connectivity index (χ1) is 12.1. The number of benzene rings is 2. The smallest absolute Gasteiger partial charge is 0.338 e. The number of hydrogen-bond donors (Lipinski definition) is 2. The van der Waals surface area contributed by atoms with E-state index in [0.29, 0.717) is 12.1 Å². The summed E-state index contributed by atoms with van der Waals surface area (Å²) >= 11 is 0. The molecular weight excluding hydrogens is 320 g/mol. The third kappa shape index (κ3) is 6.10. The van der Waals surface area contributed by atoms with Gasteiger partial charge in [-0.2, -0.15) is 0 Å². The lowest BCUT2D eigenvalue weighted by Crippen LogP contribution is -2.29. The van der Waals surface area contributed by atoms with Gasteiger partial charge in [0.1, 0.15) is 0 Å². The average Bonchev–Trinajstić information content (AvgIpc) is 2.64. The molecular formula is C19H20N2O4. The van der Waals surface area contributed by atoms with Crippen LogP contribution in [-0.4, -0.2) is 30.9 Å². The van der Waals surface area contributed by atoms with Crippen molar-refractivity contribution in [3.05, 3.63) is 71.3 Å². The van der Waals surface area contributed by atoms with Crippen LogP contribution in [0.3, 0.4) is 0 Å². The maximum Gasteiger partial charge on any atom is 0.338 e. The Morgan fingerprint density at radius 1 is 0.920 bits per heavy atom. The van der Waals surface area contributed by atoms with Crippen LogP contribution in [0.4, 0.5) is 0 Å². The van der Waals surface area contributed by atoms with Gasteiger partial charge in [0.05, 0.1) is 5.56 Å². The summed E-state index contributed by atoms with van der Waals surface area (Å²) < 4.78 is 4.94. The number of ether oxygens (including phenoxy) is 1. The van der Waals surface area contributed by atoms with Gasteiger partial charge in [-0.15, -0.1) is 0 Å². The van der Waals surface area contributed by atoms with E-state index in [-0.39, 0.29) is 18.1 Å². The van der Waals surface area contributed by atoms with Crippen molar-refractivity contribution in [2.45, 2.75) is 12.8 Å². The van der Waals surface area contributed by atoms with Gasteiger partial charge in [-0.25, -0.2) is 4.79 Å². The Bertz CT molecular complexity index is 727. The second-order valence-corrected chi connectivity index (χ2v) is 5.46. The summed E-state index contributed by atoms with van der Waals surface area (Å²) in [7, 11) is 0. The molecule has 6 nitrogen and oxygen atoms in total. The molecule has 25 heavy (non-hydrogen) atoms. The summed E-state index contributed by atoms with van der Waals surface area (Å²) in [6.45, 7) is 0.167. The van der Waals surface area contributed by atoms with Gasteiger partial charge in [-0.05, 0) is 42.7 Å². The highest BCUT2D eigenvalue weighted by atomic mass is 16.5. The summed E-state index contributed by atoms with van der Waals surface area (Å²) in [6.07, 6.45) is 1.67. The standard InChI is InChI=1S/C19H20N2O4/c20-18(23)15-8-10-16(11-9-15)19(24)25-13-17(22)21-12-4-7-14-5-2-1-3-6-14/h1-3,5-6,8-11H,4,7,12-13H2,(H2,20,23)(H,21,22). The highest BCUT2D eigenvalue weighted by Crippen LogP contribution is 2.05. The first kappa shape index (κ1) is 18.2. The van der Waals surface area contributed by atoms with Crippen molar-refractivity contribution >= 4 is 17.8 Å². The van der Waals surface area contributed by atoms with Crippen LogP contribution in [0.5, 0.6) is 0 Å². The molecule has 2 aromatic rings. The van der Waals surface area contributed by atoms with Gasteiger partial charge >= 0.3 is 5.97 Å². The fraction of sp³-hybridized carbons (Fsp3) is 0.211. The SMILES string of the molecule is NC(=O)c1ccc(C(=O)OCC(=O)NCCCc2ccccc2)cc1. The van der Waals surface area contributed by atoms with Gasteiger partial charge in [0.25, 0.3) is 5.91 Å². The molecule has 0 fully saturated rings. The van der Waals surface area contributed by atoms with Crippen LogP contribution in [-0.2, 0) is 16.0 Å². The number of amides is 2. The van der Waals surface area contributed by atoms with Crippen molar-refractivity contribution in [1.29, 1.82) is 0 Å². The molecule has 0 bridgehead atoms. The number of carbonyl (C=O) groups is 3. The molecule has 0 radical (unpaired) electrons. The predicted octanol–water partition coefficient (Wildman–Crippen LogP) is 1.69. The lowest BCUT2D eigenvalue weighted by atomic mass is 10.1. The summed E-state index contributed by atoms with van der Waals surface area (Å²) in [6, 6.07) is 15.7. The molecule has 0 saturated heterocycles. The summed E-state index contributed by atoms with van der Waals surface area (Å²) in [5.41, 5.74) is 6.89. The zero-order valence-electron chi connectivity index (χ0n) is 13.7. The Labute approximate surface area is 146 Å². The van der Waals surface area contributed by atoms with E-state index in [2.05, 4.69) is 5.32 Å². The molecule has 2 aromatic carbocycles. The molecule has 3 N–H and O–H groups in total. The third-order valence-electron chi connectivity index (χ3n) is 3.55. The molecule has 0 atom stereocenters. The number of primary amides is 1. The second-order valence-electron chi connectivity index (χ2n) is 5.46. The van der Waals surface area contributed by atoms with E-state index in [0.717, 1.165) is 12.8 Å². The van der Waals surface area contributed by atoms with E-state index < -0.39 is 11.9 Å². The van der Waals surface area contributed by atoms with Crippen molar-refractivity contribution in [1.82, 2.24) is 5.32 Å². The normalized spacial score (nSPS) is 10.1. The monoisotopic (exact) mass is 340 g/mol. The molecule has 0 aliphatic heterocycles. The van der Waals surface area contributed by atoms with Crippen molar-refractivity contribution in [3.8, 4) is 0 Å². The van der Waals surface area contributed by atoms with Crippen LogP contribution in [0.25, 0.3) is 0 Å². The number of rotatable bonds is 8. The van der Waals surface area contributed by atoms with Crippen molar-refractivity contribution in [3.63, 3.8) is 0 Å². The molecule has 0 aliphatic rings. The Morgan fingerprint density at radius 3 is 2.20 bits per heavy atom. The van der Waals surface area contributed by atoms with Gasteiger partial charge in [0, 0.05) is 12.1 Å². The number of aryl methyl sites for hydroxylation is 1. The summed E-state index contributed by atoms with van der Waals surface area (Å²) in [5, 5.41) is 2.71. The Hall–Kier alpha value is -3.15. The van der Waals surface area contributed by atoms with Crippen molar-refractivity contribution in [2.24, 2.45) is 5.73 Å². The van der Waals surface area contributed by atoms with Crippen LogP contribution >= 0.6 is 0 Å². The molecule has 130 valence electrons. The highest BCUT2D eigenvalue weighted by molar-refractivity contribution is 5.95.